The fourth-order valence-corrected chi connectivity index (χ4v) is 1.19. The number of ether oxygens (including phenoxy) is 2. The van der Waals surface area contributed by atoms with Crippen LogP contribution in [-0.4, -0.2) is 31.7 Å². The monoisotopic (exact) mass is 208 g/mol. The average molecular weight is 208 g/mol. The third-order valence-electron chi connectivity index (χ3n) is 2.24. The molecule has 0 atom stereocenters. The smallest absolute Gasteiger partial charge is 0.211 e. The van der Waals surface area contributed by atoms with E-state index in [1.807, 2.05) is 36.4 Å². The van der Waals surface area contributed by atoms with Crippen LogP contribution in [0.2, 0.25) is 0 Å². The van der Waals surface area contributed by atoms with Crippen LogP contribution in [0.15, 0.2) is 36.4 Å². The number of aliphatic hydroxyl groups is 1. The van der Waals surface area contributed by atoms with E-state index in [1.165, 1.54) is 14.2 Å². The summed E-state index contributed by atoms with van der Waals surface area (Å²) in [6, 6.07) is 9.76. The first-order valence-corrected chi connectivity index (χ1v) is 4.72. The molecular formula is C12H16O3. The molecule has 3 heteroatoms. The molecule has 0 unspecified atom stereocenters. The summed E-state index contributed by atoms with van der Waals surface area (Å²) >= 11 is 0. The molecule has 3 nitrogen and oxygen atoms in total. The van der Waals surface area contributed by atoms with Crippen molar-refractivity contribution >= 4 is 6.08 Å². The number of methoxy groups -OCH3 is 2. The Morgan fingerprint density at radius 2 is 1.80 bits per heavy atom. The first kappa shape index (κ1) is 11.9. The molecule has 0 fully saturated rings. The lowest BCUT2D eigenvalue weighted by Gasteiger charge is -2.24. The predicted octanol–water partition coefficient (Wildman–Crippen LogP) is 1.68. The van der Waals surface area contributed by atoms with E-state index in [4.69, 9.17) is 14.6 Å². The van der Waals surface area contributed by atoms with Gasteiger partial charge in [0.1, 0.15) is 6.61 Å². The summed E-state index contributed by atoms with van der Waals surface area (Å²) in [5, 5.41) is 9.15. The van der Waals surface area contributed by atoms with Gasteiger partial charge in [-0.25, -0.2) is 0 Å². The average Bonchev–Trinajstić information content (AvgIpc) is 2.33. The number of aliphatic hydroxyl groups excluding tert-OH is 1. The summed E-state index contributed by atoms with van der Waals surface area (Å²) in [5.41, 5.74) is 1.03. The summed E-state index contributed by atoms with van der Waals surface area (Å²) in [4.78, 5) is 0. The molecule has 0 aliphatic heterocycles. The molecule has 82 valence electrons. The maximum Gasteiger partial charge on any atom is 0.211 e. The Bertz CT molecular complexity index is 294. The highest BCUT2D eigenvalue weighted by Crippen LogP contribution is 2.14. The minimum atomic E-state index is -1.05. The van der Waals surface area contributed by atoms with E-state index in [2.05, 4.69) is 0 Å². The molecule has 0 radical (unpaired) electrons. The van der Waals surface area contributed by atoms with Crippen molar-refractivity contribution in [3.05, 3.63) is 42.0 Å². The van der Waals surface area contributed by atoms with Gasteiger partial charge in [-0.15, -0.1) is 0 Å². The van der Waals surface area contributed by atoms with Crippen molar-refractivity contribution in [2.75, 3.05) is 20.8 Å². The van der Waals surface area contributed by atoms with Crippen molar-refractivity contribution in [2.24, 2.45) is 0 Å². The lowest BCUT2D eigenvalue weighted by Crippen LogP contribution is -2.35. The van der Waals surface area contributed by atoms with Gasteiger partial charge in [-0.1, -0.05) is 36.4 Å². The SMILES string of the molecule is COC(C=Cc1ccccc1)(CO)OC. The third kappa shape index (κ3) is 3.16. The van der Waals surface area contributed by atoms with E-state index in [-0.39, 0.29) is 6.61 Å². The van der Waals surface area contributed by atoms with Crippen LogP contribution >= 0.6 is 0 Å². The maximum atomic E-state index is 9.15. The molecule has 0 heterocycles. The zero-order valence-corrected chi connectivity index (χ0v) is 9.01. The van der Waals surface area contributed by atoms with Gasteiger partial charge in [0.15, 0.2) is 0 Å². The normalized spacial score (nSPS) is 12.2. The molecule has 15 heavy (non-hydrogen) atoms. The molecule has 0 bridgehead atoms. The first-order chi connectivity index (χ1) is 7.26. The van der Waals surface area contributed by atoms with Crippen LogP contribution in [0.5, 0.6) is 0 Å². The van der Waals surface area contributed by atoms with Gasteiger partial charge in [0.05, 0.1) is 0 Å². The van der Waals surface area contributed by atoms with Gasteiger partial charge in [-0.2, -0.15) is 0 Å². The highest BCUT2D eigenvalue weighted by molar-refractivity contribution is 5.49. The van der Waals surface area contributed by atoms with Crippen molar-refractivity contribution in [1.29, 1.82) is 0 Å². The molecule has 1 N–H and O–H groups in total. The van der Waals surface area contributed by atoms with Crippen molar-refractivity contribution in [1.82, 2.24) is 0 Å². The Morgan fingerprint density at radius 3 is 2.27 bits per heavy atom. The summed E-state index contributed by atoms with van der Waals surface area (Å²) < 4.78 is 10.2. The molecular weight excluding hydrogens is 192 g/mol. The van der Waals surface area contributed by atoms with Crippen LogP contribution in [0, 0.1) is 0 Å². The van der Waals surface area contributed by atoms with Crippen LogP contribution in [0.4, 0.5) is 0 Å². The first-order valence-electron chi connectivity index (χ1n) is 4.72. The van der Waals surface area contributed by atoms with Crippen molar-refractivity contribution in [2.45, 2.75) is 5.79 Å². The van der Waals surface area contributed by atoms with Gasteiger partial charge in [0.2, 0.25) is 5.79 Å². The quantitative estimate of drug-likeness (QED) is 0.748. The maximum absolute atomic E-state index is 9.15. The molecule has 0 saturated carbocycles. The zero-order chi connectivity index (χ0) is 11.1. The Morgan fingerprint density at radius 1 is 1.20 bits per heavy atom. The van der Waals surface area contributed by atoms with Gasteiger partial charge >= 0.3 is 0 Å². The minimum absolute atomic E-state index is 0.219. The van der Waals surface area contributed by atoms with Crippen LogP contribution in [0.25, 0.3) is 6.08 Å². The van der Waals surface area contributed by atoms with Crippen LogP contribution in [0.1, 0.15) is 5.56 Å². The van der Waals surface area contributed by atoms with E-state index in [0.717, 1.165) is 5.56 Å². The molecule has 1 aromatic rings. The highest BCUT2D eigenvalue weighted by Gasteiger charge is 2.24. The van der Waals surface area contributed by atoms with E-state index in [1.54, 1.807) is 6.08 Å². The Kier molecular flexibility index (Phi) is 4.49. The van der Waals surface area contributed by atoms with Gasteiger partial charge < -0.3 is 14.6 Å². The van der Waals surface area contributed by atoms with Gasteiger partial charge in [0.25, 0.3) is 0 Å². The lowest BCUT2D eigenvalue weighted by molar-refractivity contribution is -0.191. The molecule has 0 aromatic heterocycles. The third-order valence-corrected chi connectivity index (χ3v) is 2.24. The molecule has 1 rings (SSSR count). The van der Waals surface area contributed by atoms with Gasteiger partial charge in [-0.05, 0) is 11.6 Å². The highest BCUT2D eigenvalue weighted by atomic mass is 16.7. The zero-order valence-electron chi connectivity index (χ0n) is 9.01. The minimum Gasteiger partial charge on any atom is -0.390 e. The Balaban J connectivity index is 2.79. The van der Waals surface area contributed by atoms with Crippen molar-refractivity contribution in [3.63, 3.8) is 0 Å². The molecule has 0 spiro atoms. The van der Waals surface area contributed by atoms with E-state index < -0.39 is 5.79 Å². The predicted molar refractivity (Wildman–Crippen MR) is 59.3 cm³/mol. The lowest BCUT2D eigenvalue weighted by atomic mass is 10.1. The number of hydrogen-bond acceptors (Lipinski definition) is 3. The summed E-state index contributed by atoms with van der Waals surface area (Å²) in [5.74, 6) is -1.05. The topological polar surface area (TPSA) is 38.7 Å². The second-order valence-corrected chi connectivity index (χ2v) is 3.12. The standard InChI is InChI=1S/C12H16O3/c1-14-12(10-13,15-2)9-8-11-6-4-3-5-7-11/h3-9,13H,10H2,1-2H3. The van der Waals surface area contributed by atoms with Crippen LogP contribution in [0.3, 0.4) is 0 Å². The number of hydrogen-bond donors (Lipinski definition) is 1. The van der Waals surface area contributed by atoms with Crippen LogP contribution in [-0.2, 0) is 9.47 Å². The number of benzene rings is 1. The fraction of sp³-hybridized carbons (Fsp3) is 0.333. The number of rotatable bonds is 5. The molecule has 1 aromatic carbocycles. The molecule has 0 aliphatic rings. The Hall–Kier alpha value is -1.16. The summed E-state index contributed by atoms with van der Waals surface area (Å²) in [6.07, 6.45) is 3.55. The molecule has 0 aliphatic carbocycles. The molecule has 0 amide bonds. The summed E-state index contributed by atoms with van der Waals surface area (Å²) in [6.45, 7) is -0.219. The van der Waals surface area contributed by atoms with Crippen LogP contribution < -0.4 is 0 Å². The fourth-order valence-electron chi connectivity index (χ4n) is 1.19. The van der Waals surface area contributed by atoms with Crippen molar-refractivity contribution < 1.29 is 14.6 Å². The van der Waals surface area contributed by atoms with Gasteiger partial charge in [-0.3, -0.25) is 0 Å². The molecule has 0 saturated heterocycles. The van der Waals surface area contributed by atoms with E-state index in [0.29, 0.717) is 0 Å². The Labute approximate surface area is 90.0 Å². The summed E-state index contributed by atoms with van der Waals surface area (Å²) in [7, 11) is 2.99. The van der Waals surface area contributed by atoms with E-state index >= 15 is 0 Å². The van der Waals surface area contributed by atoms with E-state index in [9.17, 15) is 0 Å². The second kappa shape index (κ2) is 5.66. The van der Waals surface area contributed by atoms with Crippen molar-refractivity contribution in [3.8, 4) is 0 Å². The van der Waals surface area contributed by atoms with Gasteiger partial charge in [0, 0.05) is 14.2 Å². The largest absolute Gasteiger partial charge is 0.390 e. The second-order valence-electron chi connectivity index (χ2n) is 3.12.